The fourth-order valence-corrected chi connectivity index (χ4v) is 9.66. The number of halogens is 4. The van der Waals surface area contributed by atoms with Crippen molar-refractivity contribution in [1.82, 2.24) is 44.6 Å². The number of fused-ring (bicyclic) bond motifs is 3. The van der Waals surface area contributed by atoms with E-state index in [1.807, 2.05) is 0 Å². The molecule has 3 aromatic carbocycles. The Morgan fingerprint density at radius 2 is 1.11 bits per heavy atom. The normalized spacial score (nSPS) is 29.6. The molecule has 80 heavy (non-hydrogen) atoms. The van der Waals surface area contributed by atoms with E-state index in [2.05, 4.69) is 29.9 Å². The third-order valence-corrected chi connectivity index (χ3v) is 14.0. The van der Waals surface area contributed by atoms with Crippen molar-refractivity contribution in [1.29, 1.82) is 10.5 Å². The largest absolute Gasteiger partial charge is 0.367 e. The van der Waals surface area contributed by atoms with Crippen LogP contribution >= 0.6 is 80.4 Å². The van der Waals surface area contributed by atoms with Gasteiger partial charge in [0.15, 0.2) is 4.24 Å². The molecule has 0 spiro atoms. The van der Waals surface area contributed by atoms with Crippen LogP contribution in [0, 0.1) is 36.5 Å². The van der Waals surface area contributed by atoms with Crippen molar-refractivity contribution in [2.45, 2.75) is 97.2 Å². The lowest BCUT2D eigenvalue weighted by Crippen LogP contribution is -2.38. The molecule has 0 atom stereocenters. The molecule has 9 aromatic rings. The van der Waals surface area contributed by atoms with Crippen molar-refractivity contribution in [3.8, 4) is 12.1 Å². The van der Waals surface area contributed by atoms with Crippen molar-refractivity contribution in [2.24, 2.45) is 0 Å². The second kappa shape index (κ2) is 27.8. The second-order valence-corrected chi connectivity index (χ2v) is 20.9. The summed E-state index contributed by atoms with van der Waals surface area (Å²) < 4.78 is 334. The Kier molecular flexibility index (Phi) is 9.40. The summed E-state index contributed by atoms with van der Waals surface area (Å²) in [5.74, 6) is -1.58. The first kappa shape index (κ1) is 27.1. The van der Waals surface area contributed by atoms with Crippen LogP contribution in [0.15, 0.2) is 97.6 Å². The van der Waals surface area contributed by atoms with E-state index >= 15 is 0 Å². The fraction of sp³-hybridized carbons (Fsp3) is 0.356. The molecule has 6 aromatic heterocycles. The smallest absolute Gasteiger partial charge is 0.162 e. The molecule has 9 heterocycles. The number of benzene rings is 3. The summed E-state index contributed by atoms with van der Waals surface area (Å²) in [6, 6.07) is -8.36. The van der Waals surface area contributed by atoms with E-state index in [4.69, 9.17) is 100.0 Å². The van der Waals surface area contributed by atoms with Gasteiger partial charge in [-0.05, 0) is 122 Å². The molecule has 3 fully saturated rings. The molecule has 414 valence electrons. The average Bonchev–Trinajstić information content (AvgIpc) is 0.908. The molecule has 0 saturated carbocycles. The number of likely N-dealkylation sites (tertiary alicyclic amines) is 3. The standard InChI is InChI=1S/C20H20ClN5S.C19H20Cl2N4S.C19H18ClN5S.CH4/c1-13-2-3-14(8-15(13)10-22)11-26-6-4-16(5-7-26)25-19-17-9-18(21)27-20(17)24-12-23-19;1-12-2-3-13(8-16(12)20)10-25-6-4-14(5-7-25)24-18-15-9-17(21)26-19(15)23-11-22-18;20-17-9-16-18(22-12-23-19(16)26-17)24-15-4-6-25(7-5-15)11-14-3-1-2-13(8-14)10-21;/h2-3,8-9,12,16H,4-7,11H2,1H3,(H,23,24,25);2-3,8-9,11,14H,4-7,10H2,1H3,(H,22,23,24);1-3,8-9,12,15H,4-7,11H2,(H,22,23,24);1H4/i3D,6D2,7D2,8D,9D,11D2,16D;3D,4D2,5D2,6D2,7D2,8D,9D,10D2,11D,14D;2D,3D,4D2,5D2,8D,9D,11D2,15D;/hD3. The number of nitriles is 2. The van der Waals surface area contributed by atoms with E-state index in [9.17, 15) is 10.5 Å². The number of aryl methyl sites for hydroxylation is 2. The fourth-order valence-electron chi connectivity index (χ4n) is 6.58. The number of nitrogens with one attached hydrogen (secondary N) is 3. The highest BCUT2D eigenvalue weighted by Crippen LogP contribution is 2.35. The Labute approximate surface area is 554 Å². The third-order valence-electron chi connectivity index (χ3n) is 10.3. The Morgan fingerprint density at radius 3 is 1.70 bits per heavy atom. The number of hydrogen-bond acceptors (Lipinski definition) is 17. The highest BCUT2D eigenvalue weighted by molar-refractivity contribution is 7.23. The lowest BCUT2D eigenvalue weighted by molar-refractivity contribution is 0.211. The number of anilines is 3. The summed E-state index contributed by atoms with van der Waals surface area (Å²) in [5, 5.41) is 18.4. The maximum Gasteiger partial charge on any atom is 0.162 e. The zero-order valence-electron chi connectivity index (χ0n) is 79.2. The van der Waals surface area contributed by atoms with Crippen LogP contribution in [0.1, 0.15) is 134 Å². The van der Waals surface area contributed by atoms with Crippen molar-refractivity contribution < 1.29 is 53.6 Å². The maximum absolute atomic E-state index is 9.43. The minimum atomic E-state index is -4.02. The first-order chi connectivity index (χ1) is 53.6. The van der Waals surface area contributed by atoms with Crippen LogP contribution in [0.4, 0.5) is 17.5 Å². The van der Waals surface area contributed by atoms with Crippen molar-refractivity contribution in [3.05, 3.63) is 155 Å². The Hall–Kier alpha value is -5.80. The van der Waals surface area contributed by atoms with Crippen molar-refractivity contribution >= 4 is 129 Å². The van der Waals surface area contributed by atoms with Gasteiger partial charge in [0.2, 0.25) is 0 Å². The van der Waals surface area contributed by atoms with Gasteiger partial charge >= 0.3 is 0 Å². The van der Waals surface area contributed by atoms with Crippen LogP contribution in [0.3, 0.4) is 0 Å². The maximum atomic E-state index is 9.43. The van der Waals surface area contributed by atoms with Crippen molar-refractivity contribution in [2.75, 3.05) is 55.0 Å². The SMILES string of the molecule is C.[2H]c1cc(C)c(C#N)c([2H])c1C([2H])([2H])N1C([2H])([2H])CC([2H])(N([2H])c2ncnc3sc(Cl)c([2H])c23)CC1([2H])[2H].[2H]c1cc([2H])c(C([2H])([2H])N2CC([2H])([2H])C([2H])(N([2H])c3ncnc4sc(Cl)c([2H])c34)C([2H])([2H])C2)c([2H])c1C#N.[2H]c1nc(N([2H])C2([2H])C([2H])([2H])C([2H])([2H])N(C([2H])([2H])c3c([2H])cc(C)c(Cl)c3[2H])C([2H])([2H])C2([2H])[2H])c2c([2H])c(Cl)sc2n1. The van der Waals surface area contributed by atoms with Crippen LogP contribution in [0.5, 0.6) is 0 Å². The third kappa shape index (κ3) is 15.4. The number of aromatic nitrogens is 6. The van der Waals surface area contributed by atoms with Gasteiger partial charge in [0.1, 0.15) is 52.3 Å². The molecular weight excluding hydrogens is 1140 g/mol. The van der Waals surface area contributed by atoms with E-state index < -0.39 is 214 Å². The van der Waals surface area contributed by atoms with E-state index in [-0.39, 0.29) is 101 Å². The van der Waals surface area contributed by atoms with Crippen LogP contribution in [0.25, 0.3) is 30.6 Å². The summed E-state index contributed by atoms with van der Waals surface area (Å²) >= 11 is 26.7. The van der Waals surface area contributed by atoms with Gasteiger partial charge in [-0.3, -0.25) is 14.7 Å². The molecule has 3 aliphatic rings. The average molecular weight is 1240 g/mol. The molecule has 12 rings (SSSR count). The molecule has 0 radical (unpaired) electrons. The molecule has 0 amide bonds. The lowest BCUT2D eigenvalue weighted by Gasteiger charge is -2.32. The summed E-state index contributed by atoms with van der Waals surface area (Å²) in [6.07, 6.45) is -14.5. The Morgan fingerprint density at radius 1 is 0.613 bits per heavy atom. The number of nitrogens with zero attached hydrogens (tertiary/aromatic N) is 11. The number of rotatable bonds is 12. The first-order valence-corrected chi connectivity index (χ1v) is 26.4. The zero-order chi connectivity index (χ0) is 89.5. The highest BCUT2D eigenvalue weighted by atomic mass is 35.5. The molecular formula is C59H62Cl4N14S3. The topological polar surface area (TPSA) is 171 Å². The Balaban J connectivity index is 0.000000203. The van der Waals surface area contributed by atoms with Crippen molar-refractivity contribution in [3.63, 3.8) is 0 Å². The molecule has 3 saturated heterocycles. The first-order valence-electron chi connectivity index (χ1n) is 41.7. The van der Waals surface area contributed by atoms with Gasteiger partial charge in [-0.25, -0.2) is 29.9 Å². The van der Waals surface area contributed by atoms with E-state index in [1.165, 1.54) is 13.8 Å². The van der Waals surface area contributed by atoms with Crippen LogP contribution in [0.2, 0.25) is 22.3 Å². The number of thiophene rings is 3. The predicted octanol–water partition coefficient (Wildman–Crippen LogP) is 14.9. The zero-order valence-corrected chi connectivity index (χ0v) is 45.7. The van der Waals surface area contributed by atoms with E-state index in [0.717, 1.165) is 53.5 Å². The van der Waals surface area contributed by atoms with Gasteiger partial charge in [-0.15, -0.1) is 34.0 Å². The highest BCUT2D eigenvalue weighted by Gasteiger charge is 2.24. The molecule has 0 aliphatic carbocycles. The monoisotopic (exact) mass is 1240 g/mol. The summed E-state index contributed by atoms with van der Waals surface area (Å²) in [7, 11) is 0. The number of piperidine rings is 3. The molecule has 3 N–H and O–H groups in total. The van der Waals surface area contributed by atoms with Gasteiger partial charge in [-0.2, -0.15) is 10.5 Å². The minimum Gasteiger partial charge on any atom is -0.367 e. The summed E-state index contributed by atoms with van der Waals surface area (Å²) in [6.45, 7) is -22.4. The van der Waals surface area contributed by atoms with Crippen LogP contribution < -0.4 is 15.9 Å². The minimum absolute atomic E-state index is 0. The van der Waals surface area contributed by atoms with Gasteiger partial charge < -0.3 is 15.9 Å². The lowest BCUT2D eigenvalue weighted by atomic mass is 10.0. The van der Waals surface area contributed by atoms with E-state index in [0.29, 0.717) is 21.5 Å². The predicted molar refractivity (Wildman–Crippen MR) is 333 cm³/mol. The van der Waals surface area contributed by atoms with Gasteiger partial charge in [-0.1, -0.05) is 90.2 Å². The molecule has 3 aliphatic heterocycles. The van der Waals surface area contributed by atoms with Crippen LogP contribution in [-0.4, -0.2) is 102 Å². The van der Waals surface area contributed by atoms with Gasteiger partial charge in [0.25, 0.3) is 0 Å². The second-order valence-electron chi connectivity index (χ2n) is 15.7. The summed E-state index contributed by atoms with van der Waals surface area (Å²) in [4.78, 5) is 24.0. The molecule has 14 nitrogen and oxygen atoms in total. The molecule has 21 heteroatoms. The molecule has 0 bridgehead atoms. The van der Waals surface area contributed by atoms with E-state index in [1.54, 1.807) is 12.1 Å². The molecule has 0 unspecified atom stereocenters. The summed E-state index contributed by atoms with van der Waals surface area (Å²) in [5.41, 5.74) is -2.62. The quantitative estimate of drug-likeness (QED) is 0.106. The Bertz CT molecular complexity index is 5600. The van der Waals surface area contributed by atoms with Crippen LogP contribution in [-0.2, 0) is 19.5 Å². The van der Waals surface area contributed by atoms with Gasteiger partial charge in [0.05, 0.1) is 70.3 Å². The van der Waals surface area contributed by atoms with Gasteiger partial charge in [0, 0.05) is 112 Å². The number of hydrogen-bond donors (Lipinski definition) is 3.